The predicted molar refractivity (Wildman–Crippen MR) is 194 cm³/mol. The van der Waals surface area contributed by atoms with Crippen molar-refractivity contribution in [1.82, 2.24) is 9.62 Å². The van der Waals surface area contributed by atoms with E-state index < -0.39 is 40.7 Å². The summed E-state index contributed by atoms with van der Waals surface area (Å²) in [6.45, 7) is -2.36. The average Bonchev–Trinajstić information content (AvgIpc) is 3.96. The van der Waals surface area contributed by atoms with Gasteiger partial charge in [0.1, 0.15) is 28.8 Å². The maximum atomic E-state index is 13.8. The summed E-state index contributed by atoms with van der Waals surface area (Å²) in [6.07, 6.45) is 3.72. The van der Waals surface area contributed by atoms with Gasteiger partial charge in [-0.3, -0.25) is 0 Å². The molecule has 0 saturated heterocycles. The minimum Gasteiger partial charge on any atom is -0.870 e. The van der Waals surface area contributed by atoms with Crippen LogP contribution < -0.4 is 19.2 Å². The first kappa shape index (κ1) is 42.4. The Morgan fingerprint density at radius 3 is 2.30 bits per heavy atom. The average molecular weight is 811 g/mol. The SMILES string of the molecule is CN(C)CCOC(=O)C(NS(=O)(=O)c1cccc(C(=O)O[C@@H](Cc2c(Cl)c[nH+]cc2Cl)c2ccc(OC(F)F)c(OCC3CC3)c2)c1)c1ccccc1.[OH-]. The summed E-state index contributed by atoms with van der Waals surface area (Å²) >= 11 is 12.9. The van der Waals surface area contributed by atoms with Gasteiger partial charge in [0.05, 0.1) is 17.1 Å². The normalized spacial score (nSPS) is 13.9. The number of rotatable bonds is 18. The molecule has 3 N–H and O–H groups in total. The molecule has 1 fully saturated rings. The summed E-state index contributed by atoms with van der Waals surface area (Å²) < 4.78 is 78.2. The van der Waals surface area contributed by atoms with E-state index in [0.29, 0.717) is 29.2 Å². The van der Waals surface area contributed by atoms with Crippen LogP contribution in [0.25, 0.3) is 0 Å². The summed E-state index contributed by atoms with van der Waals surface area (Å²) in [6, 6.07) is 16.1. The first-order valence-electron chi connectivity index (χ1n) is 16.6. The van der Waals surface area contributed by atoms with E-state index in [1.54, 1.807) is 44.4 Å². The van der Waals surface area contributed by atoms with E-state index in [2.05, 4.69) is 14.4 Å². The van der Waals surface area contributed by atoms with Gasteiger partial charge in [0, 0.05) is 18.5 Å². The van der Waals surface area contributed by atoms with Gasteiger partial charge in [0.2, 0.25) is 10.0 Å². The van der Waals surface area contributed by atoms with Crippen molar-refractivity contribution in [2.75, 3.05) is 33.9 Å². The molecular formula is C37H39Cl2F2N3O9S. The molecule has 290 valence electrons. The Labute approximate surface area is 321 Å². The molecule has 54 heavy (non-hydrogen) atoms. The van der Waals surface area contributed by atoms with Crippen molar-refractivity contribution in [3.05, 3.63) is 117 Å². The van der Waals surface area contributed by atoms with Gasteiger partial charge >= 0.3 is 18.6 Å². The van der Waals surface area contributed by atoms with Crippen molar-refractivity contribution >= 4 is 45.2 Å². The summed E-state index contributed by atoms with van der Waals surface area (Å²) in [5.41, 5.74) is 0.979. The zero-order valence-corrected chi connectivity index (χ0v) is 31.5. The smallest absolute Gasteiger partial charge is 0.387 e. The lowest BCUT2D eigenvalue weighted by atomic mass is 10.0. The van der Waals surface area contributed by atoms with Gasteiger partial charge in [-0.05, 0) is 74.3 Å². The van der Waals surface area contributed by atoms with E-state index in [4.69, 9.17) is 37.4 Å². The Kier molecular flexibility index (Phi) is 15.1. The third kappa shape index (κ3) is 11.8. The predicted octanol–water partition coefficient (Wildman–Crippen LogP) is 6.29. The number of pyridine rings is 1. The van der Waals surface area contributed by atoms with Crippen LogP contribution in [0.5, 0.6) is 11.5 Å². The lowest BCUT2D eigenvalue weighted by Gasteiger charge is -2.21. The third-order valence-electron chi connectivity index (χ3n) is 8.17. The number of ether oxygens (including phenoxy) is 4. The van der Waals surface area contributed by atoms with Crippen molar-refractivity contribution < 1.29 is 56.2 Å². The topological polar surface area (TPSA) is 165 Å². The fourth-order valence-electron chi connectivity index (χ4n) is 5.13. The fraction of sp³-hybridized carbons (Fsp3) is 0.324. The van der Waals surface area contributed by atoms with Crippen molar-refractivity contribution in [3.8, 4) is 11.5 Å². The van der Waals surface area contributed by atoms with Crippen molar-refractivity contribution in [2.24, 2.45) is 5.92 Å². The molecule has 0 radical (unpaired) electrons. The Bertz CT molecular complexity index is 1990. The number of carbonyl (C=O) groups excluding carboxylic acids is 2. The van der Waals surface area contributed by atoms with Crippen LogP contribution in [-0.4, -0.2) is 71.2 Å². The lowest BCUT2D eigenvalue weighted by molar-refractivity contribution is -0.377. The summed E-state index contributed by atoms with van der Waals surface area (Å²) in [5, 5.41) is 0.488. The minimum atomic E-state index is -4.42. The second-order valence-electron chi connectivity index (χ2n) is 12.5. The molecule has 3 aromatic carbocycles. The third-order valence-corrected chi connectivity index (χ3v) is 10.3. The Morgan fingerprint density at radius 2 is 1.65 bits per heavy atom. The van der Waals surface area contributed by atoms with E-state index in [0.717, 1.165) is 18.9 Å². The molecule has 12 nitrogen and oxygen atoms in total. The Hall–Kier alpha value is -4.38. The molecule has 0 aliphatic heterocycles. The molecule has 1 saturated carbocycles. The van der Waals surface area contributed by atoms with Crippen LogP contribution in [0.15, 0.2) is 90.1 Å². The number of sulfonamides is 1. The Balaban J connectivity index is 0.00000650. The fourth-order valence-corrected chi connectivity index (χ4v) is 6.88. The van der Waals surface area contributed by atoms with Gasteiger partial charge in [-0.15, -0.1) is 0 Å². The molecule has 1 aromatic heterocycles. The number of nitrogens with zero attached hydrogens (tertiary/aromatic N) is 1. The first-order valence-corrected chi connectivity index (χ1v) is 18.8. The highest BCUT2D eigenvalue weighted by Crippen LogP contribution is 2.38. The molecule has 2 atom stereocenters. The van der Waals surface area contributed by atoms with E-state index in [1.165, 1.54) is 48.8 Å². The van der Waals surface area contributed by atoms with Gasteiger partial charge in [0.15, 0.2) is 23.9 Å². The number of hydrogen-bond donors (Lipinski definition) is 1. The summed E-state index contributed by atoms with van der Waals surface area (Å²) in [7, 11) is -0.808. The summed E-state index contributed by atoms with van der Waals surface area (Å²) in [4.78, 5) is 31.2. The van der Waals surface area contributed by atoms with Gasteiger partial charge in [-0.2, -0.15) is 13.5 Å². The zero-order chi connectivity index (χ0) is 38.1. The van der Waals surface area contributed by atoms with E-state index >= 15 is 0 Å². The van der Waals surface area contributed by atoms with Crippen molar-refractivity contribution in [1.29, 1.82) is 0 Å². The second-order valence-corrected chi connectivity index (χ2v) is 15.1. The molecule has 17 heteroatoms. The number of nitrogens with one attached hydrogen (secondary N) is 2. The molecule has 1 aliphatic rings. The first-order chi connectivity index (χ1) is 25.3. The molecular weight excluding hydrogens is 771 g/mol. The van der Waals surface area contributed by atoms with Crippen LogP contribution in [0.3, 0.4) is 0 Å². The zero-order valence-electron chi connectivity index (χ0n) is 29.2. The molecule has 4 aromatic rings. The standard InChI is InChI=1S/C37H37Cl2F2N3O8S.H2O/c1-44(2)15-16-49-36(46)34(24-7-4-3-5-8-24)43-53(47,48)27-10-6-9-26(17-27)35(45)51-32(19-28-29(38)20-42-21-30(28)39)25-13-14-31(52-37(40)41)33(18-25)50-22-23-11-12-23;/h3-10,13-14,17-18,20-21,23,32,34,37,43H,11-12,15-16,19,22H2,1-2H3;1H2/t32-,34?;/m0./s1. The molecule has 1 heterocycles. The number of aromatic amines is 1. The van der Waals surface area contributed by atoms with Crippen LogP contribution in [0.4, 0.5) is 8.78 Å². The highest BCUT2D eigenvalue weighted by atomic mass is 35.5. The van der Waals surface area contributed by atoms with Gasteiger partial charge < -0.3 is 29.3 Å². The number of H-pyrrole nitrogens is 1. The maximum Gasteiger partial charge on any atom is 0.387 e. The van der Waals surface area contributed by atoms with E-state index in [1.807, 2.05) is 4.90 Å². The monoisotopic (exact) mass is 809 g/mol. The second kappa shape index (κ2) is 19.3. The number of aromatic nitrogens is 1. The molecule has 0 amide bonds. The van der Waals surface area contributed by atoms with Crippen LogP contribution in [0.2, 0.25) is 10.0 Å². The number of esters is 2. The van der Waals surface area contributed by atoms with Crippen molar-refractivity contribution in [3.63, 3.8) is 0 Å². The number of benzene rings is 3. The molecule has 0 spiro atoms. The maximum absolute atomic E-state index is 13.8. The summed E-state index contributed by atoms with van der Waals surface area (Å²) in [5.74, 6) is -1.60. The largest absolute Gasteiger partial charge is 0.870 e. The van der Waals surface area contributed by atoms with Gasteiger partial charge in [-0.25, -0.2) is 23.0 Å². The molecule has 5 rings (SSSR count). The van der Waals surface area contributed by atoms with Gasteiger partial charge in [-0.1, -0.05) is 65.7 Å². The van der Waals surface area contributed by atoms with E-state index in [9.17, 15) is 26.8 Å². The van der Waals surface area contributed by atoms with Crippen LogP contribution in [-0.2, 0) is 30.7 Å². The quantitative estimate of drug-likeness (QED) is 0.113. The Morgan fingerprint density at radius 1 is 0.944 bits per heavy atom. The number of alkyl halides is 2. The van der Waals surface area contributed by atoms with Crippen LogP contribution in [0, 0.1) is 5.92 Å². The number of halogens is 4. The number of hydrogen-bond acceptors (Lipinski definition) is 10. The van der Waals surface area contributed by atoms with Crippen LogP contribution >= 0.6 is 23.2 Å². The number of likely N-dealkylation sites (N-methyl/N-ethyl adjacent to an activating group) is 1. The highest BCUT2D eigenvalue weighted by Gasteiger charge is 2.30. The molecule has 1 aliphatic carbocycles. The molecule has 0 bridgehead atoms. The van der Waals surface area contributed by atoms with Crippen LogP contribution in [0.1, 0.15) is 52.0 Å². The van der Waals surface area contributed by atoms with Crippen molar-refractivity contribution in [2.45, 2.75) is 42.9 Å². The minimum absolute atomic E-state index is 0. The molecule has 1 unspecified atom stereocenters. The number of carbonyl (C=O) groups is 2. The van der Waals surface area contributed by atoms with E-state index in [-0.39, 0.29) is 57.1 Å². The van der Waals surface area contributed by atoms with Gasteiger partial charge in [0.25, 0.3) is 0 Å². The lowest BCUT2D eigenvalue weighted by Crippen LogP contribution is -2.36. The highest BCUT2D eigenvalue weighted by molar-refractivity contribution is 7.89.